The molecule has 19 heavy (non-hydrogen) atoms. The molecule has 0 aliphatic heterocycles. The number of likely N-dealkylation sites (N-methyl/N-ethyl adjacent to an activating group) is 1. The van der Waals surface area contributed by atoms with Crippen molar-refractivity contribution in [1.82, 2.24) is 5.32 Å². The van der Waals surface area contributed by atoms with Crippen molar-refractivity contribution in [1.29, 1.82) is 0 Å². The van der Waals surface area contributed by atoms with E-state index < -0.39 is 0 Å². The van der Waals surface area contributed by atoms with Gasteiger partial charge in [0.1, 0.15) is 5.82 Å². The quantitative estimate of drug-likeness (QED) is 0.861. The molecule has 0 bridgehead atoms. The Hall–Kier alpha value is -1.13. The van der Waals surface area contributed by atoms with Crippen molar-refractivity contribution in [2.24, 2.45) is 0 Å². The van der Waals surface area contributed by atoms with Gasteiger partial charge in [-0.25, -0.2) is 4.39 Å². The van der Waals surface area contributed by atoms with Gasteiger partial charge in [0.15, 0.2) is 0 Å². The summed E-state index contributed by atoms with van der Waals surface area (Å²) < 4.78 is 14.0. The Labute approximate surface area is 115 Å². The topological polar surface area (TPSA) is 35.5 Å². The highest BCUT2D eigenvalue weighted by Gasteiger charge is 2.17. The molecule has 1 aromatic carbocycles. The monoisotopic (exact) mass is 268 g/mol. The van der Waals surface area contributed by atoms with Crippen LogP contribution in [0, 0.1) is 5.82 Å². The number of halogens is 1. The minimum atomic E-state index is -0.216. The fraction of sp³-hybridized carbons (Fsp3) is 0.600. The number of benzene rings is 1. The van der Waals surface area contributed by atoms with Crippen LogP contribution < -0.4 is 10.2 Å². The minimum absolute atomic E-state index is 0.0408. The highest BCUT2D eigenvalue weighted by molar-refractivity contribution is 5.54. The fourth-order valence-electron chi connectivity index (χ4n) is 1.77. The molecule has 0 saturated heterocycles. The van der Waals surface area contributed by atoms with Crippen molar-refractivity contribution in [3.63, 3.8) is 0 Å². The zero-order valence-electron chi connectivity index (χ0n) is 12.5. The number of nitrogens with zero attached hydrogens (tertiary/aromatic N) is 1. The van der Waals surface area contributed by atoms with Crippen LogP contribution in [0.1, 0.15) is 33.3 Å². The molecule has 108 valence electrons. The van der Waals surface area contributed by atoms with Gasteiger partial charge < -0.3 is 15.3 Å². The van der Waals surface area contributed by atoms with Gasteiger partial charge in [-0.15, -0.1) is 0 Å². The van der Waals surface area contributed by atoms with Gasteiger partial charge in [0.2, 0.25) is 0 Å². The summed E-state index contributed by atoms with van der Waals surface area (Å²) in [4.78, 5) is 1.91. The summed E-state index contributed by atoms with van der Waals surface area (Å²) >= 11 is 0. The lowest BCUT2D eigenvalue weighted by Gasteiger charge is -2.29. The van der Waals surface area contributed by atoms with Gasteiger partial charge in [0.05, 0.1) is 6.61 Å². The molecule has 1 aromatic rings. The molecule has 0 amide bonds. The van der Waals surface area contributed by atoms with Crippen LogP contribution in [0.3, 0.4) is 0 Å². The van der Waals surface area contributed by atoms with E-state index in [1.54, 1.807) is 6.07 Å². The molecule has 0 spiro atoms. The van der Waals surface area contributed by atoms with E-state index in [2.05, 4.69) is 5.32 Å². The normalized spacial score (nSPS) is 13.4. The summed E-state index contributed by atoms with van der Waals surface area (Å²) in [5.41, 5.74) is 1.39. The number of rotatable bonds is 5. The predicted octanol–water partition coefficient (Wildman–Crippen LogP) is 2.53. The van der Waals surface area contributed by atoms with E-state index in [-0.39, 0.29) is 24.0 Å². The summed E-state index contributed by atoms with van der Waals surface area (Å²) in [7, 11) is 1.87. The van der Waals surface area contributed by atoms with E-state index in [9.17, 15) is 9.50 Å². The van der Waals surface area contributed by atoms with E-state index in [0.29, 0.717) is 12.1 Å². The van der Waals surface area contributed by atoms with Crippen LogP contribution in [0.4, 0.5) is 10.1 Å². The van der Waals surface area contributed by atoms with E-state index in [4.69, 9.17) is 0 Å². The Kier molecular flexibility index (Phi) is 5.32. The van der Waals surface area contributed by atoms with Crippen LogP contribution in [0.5, 0.6) is 0 Å². The average Bonchev–Trinajstić information content (AvgIpc) is 2.34. The third kappa shape index (κ3) is 4.48. The van der Waals surface area contributed by atoms with Crippen molar-refractivity contribution in [2.45, 2.75) is 45.8 Å². The minimum Gasteiger partial charge on any atom is -0.394 e. The van der Waals surface area contributed by atoms with Crippen molar-refractivity contribution in [2.75, 3.05) is 18.6 Å². The Morgan fingerprint density at radius 2 is 2.00 bits per heavy atom. The van der Waals surface area contributed by atoms with Crippen LogP contribution in [-0.2, 0) is 6.54 Å². The Morgan fingerprint density at radius 1 is 1.37 bits per heavy atom. The van der Waals surface area contributed by atoms with E-state index in [1.807, 2.05) is 45.7 Å². The molecule has 2 N–H and O–H groups in total. The van der Waals surface area contributed by atoms with Gasteiger partial charge in [0, 0.05) is 36.4 Å². The molecule has 1 rings (SSSR count). The first-order valence-corrected chi connectivity index (χ1v) is 6.62. The van der Waals surface area contributed by atoms with Gasteiger partial charge >= 0.3 is 0 Å². The van der Waals surface area contributed by atoms with Gasteiger partial charge in [-0.2, -0.15) is 0 Å². The van der Waals surface area contributed by atoms with E-state index in [1.165, 1.54) is 6.07 Å². The fourth-order valence-corrected chi connectivity index (χ4v) is 1.77. The molecule has 0 radical (unpaired) electrons. The first kappa shape index (κ1) is 15.9. The first-order chi connectivity index (χ1) is 8.76. The molecular formula is C15H25FN2O. The molecule has 0 aliphatic carbocycles. The van der Waals surface area contributed by atoms with Crippen molar-refractivity contribution in [3.05, 3.63) is 29.6 Å². The van der Waals surface area contributed by atoms with Crippen LogP contribution in [0.25, 0.3) is 0 Å². The Morgan fingerprint density at radius 3 is 2.53 bits per heavy atom. The van der Waals surface area contributed by atoms with E-state index >= 15 is 0 Å². The third-order valence-corrected chi connectivity index (χ3v) is 3.19. The Balaban J connectivity index is 3.01. The van der Waals surface area contributed by atoms with E-state index in [0.717, 1.165) is 5.69 Å². The van der Waals surface area contributed by atoms with Crippen molar-refractivity contribution >= 4 is 5.69 Å². The lowest BCUT2D eigenvalue weighted by molar-refractivity contribution is 0.270. The summed E-state index contributed by atoms with van der Waals surface area (Å²) in [6.45, 7) is 8.56. The number of hydrogen-bond donors (Lipinski definition) is 2. The highest BCUT2D eigenvalue weighted by atomic mass is 19.1. The number of nitrogens with one attached hydrogen (secondary N) is 1. The van der Waals surface area contributed by atoms with Crippen LogP contribution in [0.15, 0.2) is 18.2 Å². The van der Waals surface area contributed by atoms with Crippen LogP contribution in [-0.4, -0.2) is 30.3 Å². The maximum atomic E-state index is 14.0. The molecule has 0 fully saturated rings. The van der Waals surface area contributed by atoms with Gasteiger partial charge in [-0.05, 0) is 39.8 Å². The lowest BCUT2D eigenvalue weighted by Crippen LogP contribution is -2.37. The standard InChI is InChI=1S/C15H25FN2O/c1-11(10-19)18(5)14-8-6-7-13(16)12(14)9-17-15(2,3)4/h6-8,11,17,19H,9-10H2,1-5H3. The zero-order chi connectivity index (χ0) is 14.6. The smallest absolute Gasteiger partial charge is 0.129 e. The largest absolute Gasteiger partial charge is 0.394 e. The number of anilines is 1. The van der Waals surface area contributed by atoms with Crippen LogP contribution >= 0.6 is 0 Å². The maximum Gasteiger partial charge on any atom is 0.129 e. The summed E-state index contributed by atoms with van der Waals surface area (Å²) in [6.07, 6.45) is 0. The number of aliphatic hydroxyl groups excluding tert-OH is 1. The number of aliphatic hydroxyl groups is 1. The SMILES string of the molecule is CC(CO)N(C)c1cccc(F)c1CNC(C)(C)C. The average molecular weight is 268 g/mol. The zero-order valence-corrected chi connectivity index (χ0v) is 12.5. The summed E-state index contributed by atoms with van der Waals surface area (Å²) in [5.74, 6) is -0.216. The van der Waals surface area contributed by atoms with Crippen LogP contribution in [0.2, 0.25) is 0 Å². The number of hydrogen-bond acceptors (Lipinski definition) is 3. The lowest BCUT2D eigenvalue weighted by atomic mass is 10.1. The third-order valence-electron chi connectivity index (χ3n) is 3.19. The maximum absolute atomic E-state index is 14.0. The molecule has 0 aliphatic rings. The Bertz CT molecular complexity index is 415. The van der Waals surface area contributed by atoms with Crippen molar-refractivity contribution in [3.8, 4) is 0 Å². The molecule has 0 heterocycles. The summed E-state index contributed by atoms with van der Waals surface area (Å²) in [6, 6.07) is 5.01. The second-order valence-electron chi connectivity index (χ2n) is 5.98. The second kappa shape index (κ2) is 6.35. The van der Waals surface area contributed by atoms with Gasteiger partial charge in [-0.1, -0.05) is 6.07 Å². The molecule has 1 atom stereocenters. The first-order valence-electron chi connectivity index (χ1n) is 6.62. The summed E-state index contributed by atoms with van der Waals surface area (Å²) in [5, 5.41) is 12.5. The van der Waals surface area contributed by atoms with Crippen molar-refractivity contribution < 1.29 is 9.50 Å². The highest BCUT2D eigenvalue weighted by Crippen LogP contribution is 2.24. The molecule has 0 aromatic heterocycles. The second-order valence-corrected chi connectivity index (χ2v) is 5.98. The molecule has 1 unspecified atom stereocenters. The molecule has 4 heteroatoms. The van der Waals surface area contributed by atoms with Gasteiger partial charge in [-0.3, -0.25) is 0 Å². The van der Waals surface area contributed by atoms with Gasteiger partial charge in [0.25, 0.3) is 0 Å². The molecule has 0 saturated carbocycles. The predicted molar refractivity (Wildman–Crippen MR) is 77.9 cm³/mol. The molecular weight excluding hydrogens is 243 g/mol. The molecule has 3 nitrogen and oxygen atoms in total.